The number of hydrogen-bond donors (Lipinski definition) is 3. The molecule has 0 amide bonds. The highest BCUT2D eigenvalue weighted by Gasteiger charge is 2.07. The van der Waals surface area contributed by atoms with Crippen molar-refractivity contribution < 1.29 is 5.11 Å². The van der Waals surface area contributed by atoms with Gasteiger partial charge in [-0.1, -0.05) is 0 Å². The normalized spacial score (nSPS) is 10.9. The maximum Gasteiger partial charge on any atom is 0.161 e. The summed E-state index contributed by atoms with van der Waals surface area (Å²) in [5.41, 5.74) is 2.00. The number of aliphatic hydroxyl groups is 1. The number of aryl methyl sites for hydroxylation is 1. The maximum absolute atomic E-state index is 8.92. The summed E-state index contributed by atoms with van der Waals surface area (Å²) in [5.74, 6) is 1.36. The van der Waals surface area contributed by atoms with Gasteiger partial charge in [-0.25, -0.2) is 9.97 Å². The van der Waals surface area contributed by atoms with E-state index < -0.39 is 0 Å². The van der Waals surface area contributed by atoms with Gasteiger partial charge in [0.25, 0.3) is 0 Å². The van der Waals surface area contributed by atoms with Gasteiger partial charge in [-0.3, -0.25) is 15.1 Å². The molecule has 3 heterocycles. The van der Waals surface area contributed by atoms with Crippen LogP contribution in [0.4, 0.5) is 5.82 Å². The van der Waals surface area contributed by atoms with Crippen LogP contribution in [0.2, 0.25) is 0 Å². The molecule has 0 aromatic carbocycles. The van der Waals surface area contributed by atoms with Crippen LogP contribution in [0.5, 0.6) is 0 Å². The lowest BCUT2D eigenvalue weighted by molar-refractivity contribution is 0.276. The van der Waals surface area contributed by atoms with Crippen molar-refractivity contribution in [3.8, 4) is 0 Å². The minimum absolute atomic E-state index is 0.110. The second-order valence-corrected chi connectivity index (χ2v) is 4.26. The summed E-state index contributed by atoms with van der Waals surface area (Å²) in [4.78, 5) is 16.9. The minimum Gasteiger partial charge on any atom is -0.390 e. The number of aliphatic hydroxyl groups excluding tert-OH is 1. The van der Waals surface area contributed by atoms with E-state index in [4.69, 9.17) is 5.11 Å². The highest BCUT2D eigenvalue weighted by atomic mass is 16.3. The summed E-state index contributed by atoms with van der Waals surface area (Å²) in [7, 11) is 0. The van der Waals surface area contributed by atoms with Gasteiger partial charge in [0.2, 0.25) is 0 Å². The molecule has 8 heteroatoms. The first-order valence-corrected chi connectivity index (χ1v) is 6.08. The number of nitrogens with zero attached hydrogens (tertiary/aromatic N) is 5. The Morgan fingerprint density at radius 3 is 2.70 bits per heavy atom. The zero-order chi connectivity index (χ0) is 13.9. The fourth-order valence-corrected chi connectivity index (χ4v) is 1.81. The van der Waals surface area contributed by atoms with Crippen molar-refractivity contribution in [2.24, 2.45) is 0 Å². The number of anilines is 1. The predicted octanol–water partition coefficient (Wildman–Crippen LogP) is 0.556. The van der Waals surface area contributed by atoms with Gasteiger partial charge in [0.05, 0.1) is 48.5 Å². The Bertz CT molecular complexity index is 722. The zero-order valence-electron chi connectivity index (χ0n) is 10.8. The predicted molar refractivity (Wildman–Crippen MR) is 71.7 cm³/mol. The van der Waals surface area contributed by atoms with Crippen molar-refractivity contribution in [3.63, 3.8) is 0 Å². The molecule has 0 aliphatic carbocycles. The summed E-state index contributed by atoms with van der Waals surface area (Å²) >= 11 is 0. The van der Waals surface area contributed by atoms with Crippen molar-refractivity contribution in [1.29, 1.82) is 0 Å². The molecule has 0 unspecified atom stereocenters. The number of aromatic nitrogens is 6. The minimum atomic E-state index is -0.110. The third-order valence-corrected chi connectivity index (χ3v) is 2.78. The largest absolute Gasteiger partial charge is 0.390 e. The van der Waals surface area contributed by atoms with Crippen LogP contribution in [0.3, 0.4) is 0 Å². The molecular formula is C12H13N7O. The fraction of sp³-hybridized carbons (Fsp3) is 0.250. The Morgan fingerprint density at radius 1 is 1.15 bits per heavy atom. The van der Waals surface area contributed by atoms with Gasteiger partial charge in [-0.15, -0.1) is 0 Å². The molecule has 0 aliphatic rings. The average Bonchev–Trinajstić information content (AvgIpc) is 2.93. The third kappa shape index (κ3) is 2.41. The molecule has 0 atom stereocenters. The van der Waals surface area contributed by atoms with Crippen molar-refractivity contribution in [2.45, 2.75) is 20.1 Å². The van der Waals surface area contributed by atoms with E-state index in [9.17, 15) is 0 Å². The molecule has 3 aromatic heterocycles. The molecule has 0 fully saturated rings. The molecule has 8 nitrogen and oxygen atoms in total. The van der Waals surface area contributed by atoms with Crippen LogP contribution >= 0.6 is 0 Å². The van der Waals surface area contributed by atoms with Crippen molar-refractivity contribution >= 4 is 16.9 Å². The van der Waals surface area contributed by atoms with Crippen LogP contribution in [0.1, 0.15) is 17.2 Å². The molecule has 0 bridgehead atoms. The zero-order valence-corrected chi connectivity index (χ0v) is 10.8. The Labute approximate surface area is 114 Å². The van der Waals surface area contributed by atoms with E-state index in [2.05, 4.69) is 35.5 Å². The summed E-state index contributed by atoms with van der Waals surface area (Å²) in [6.07, 6.45) is 4.85. The summed E-state index contributed by atoms with van der Waals surface area (Å²) in [6, 6.07) is 0. The molecule has 20 heavy (non-hydrogen) atoms. The number of H-pyrrole nitrogens is 1. The van der Waals surface area contributed by atoms with E-state index in [1.54, 1.807) is 18.6 Å². The third-order valence-electron chi connectivity index (χ3n) is 2.78. The van der Waals surface area contributed by atoms with E-state index in [0.29, 0.717) is 29.5 Å². The number of rotatable bonds is 4. The van der Waals surface area contributed by atoms with E-state index in [0.717, 1.165) is 11.1 Å². The topological polar surface area (TPSA) is 113 Å². The fourth-order valence-electron chi connectivity index (χ4n) is 1.81. The number of aromatic amines is 1. The highest BCUT2D eigenvalue weighted by molar-refractivity contribution is 5.85. The molecule has 102 valence electrons. The summed E-state index contributed by atoms with van der Waals surface area (Å²) in [6.45, 7) is 2.19. The SMILES string of the molecule is Cc1nc(NCc2cnc(CO)cn2)c2cn[nH]c2n1. The maximum atomic E-state index is 8.92. The van der Waals surface area contributed by atoms with Gasteiger partial charge in [0.1, 0.15) is 11.6 Å². The van der Waals surface area contributed by atoms with Crippen LogP contribution < -0.4 is 5.32 Å². The summed E-state index contributed by atoms with van der Waals surface area (Å²) < 4.78 is 0. The van der Waals surface area contributed by atoms with E-state index in [1.807, 2.05) is 6.92 Å². The van der Waals surface area contributed by atoms with Gasteiger partial charge in [0, 0.05) is 0 Å². The van der Waals surface area contributed by atoms with Crippen molar-refractivity contribution in [2.75, 3.05) is 5.32 Å². The molecule has 0 aliphatic heterocycles. The van der Waals surface area contributed by atoms with Crippen LogP contribution in [0.25, 0.3) is 11.0 Å². The second-order valence-electron chi connectivity index (χ2n) is 4.26. The first-order chi connectivity index (χ1) is 9.76. The van der Waals surface area contributed by atoms with E-state index in [-0.39, 0.29) is 6.61 Å². The molecule has 3 N–H and O–H groups in total. The number of nitrogens with one attached hydrogen (secondary N) is 2. The molecule has 0 saturated heterocycles. The Kier molecular flexibility index (Phi) is 3.21. The number of hydrogen-bond acceptors (Lipinski definition) is 7. The van der Waals surface area contributed by atoms with Crippen LogP contribution in [-0.2, 0) is 13.2 Å². The molecule has 0 saturated carbocycles. The summed E-state index contributed by atoms with van der Waals surface area (Å²) in [5, 5.41) is 19.7. The van der Waals surface area contributed by atoms with Gasteiger partial charge >= 0.3 is 0 Å². The quantitative estimate of drug-likeness (QED) is 0.635. The molecule has 3 aromatic rings. The molecular weight excluding hydrogens is 258 g/mol. The van der Waals surface area contributed by atoms with E-state index >= 15 is 0 Å². The van der Waals surface area contributed by atoms with Crippen molar-refractivity contribution in [1.82, 2.24) is 30.1 Å². The van der Waals surface area contributed by atoms with Gasteiger partial charge in [0.15, 0.2) is 5.65 Å². The lowest BCUT2D eigenvalue weighted by Gasteiger charge is -2.06. The highest BCUT2D eigenvalue weighted by Crippen LogP contribution is 2.18. The first kappa shape index (κ1) is 12.4. The Balaban J connectivity index is 1.80. The molecule has 3 rings (SSSR count). The number of fused-ring (bicyclic) bond motifs is 1. The standard InChI is InChI=1S/C12H13N7O/c1-7-17-11(10-5-16-19-12(10)18-7)15-3-8-2-14-9(6-20)4-13-8/h2,4-5,20H,3,6H2,1H3,(H2,15,16,17,18,19). The smallest absolute Gasteiger partial charge is 0.161 e. The van der Waals surface area contributed by atoms with Gasteiger partial charge < -0.3 is 10.4 Å². The average molecular weight is 271 g/mol. The van der Waals surface area contributed by atoms with Crippen LogP contribution in [-0.4, -0.2) is 35.2 Å². The van der Waals surface area contributed by atoms with Crippen molar-refractivity contribution in [3.05, 3.63) is 35.8 Å². The van der Waals surface area contributed by atoms with E-state index in [1.165, 1.54) is 0 Å². The van der Waals surface area contributed by atoms with Gasteiger partial charge in [-0.2, -0.15) is 5.10 Å². The van der Waals surface area contributed by atoms with Crippen LogP contribution in [0, 0.1) is 6.92 Å². The Hall–Kier alpha value is -2.61. The Morgan fingerprint density at radius 2 is 1.95 bits per heavy atom. The second kappa shape index (κ2) is 5.17. The van der Waals surface area contributed by atoms with Gasteiger partial charge in [-0.05, 0) is 6.92 Å². The van der Waals surface area contributed by atoms with Crippen LogP contribution in [0.15, 0.2) is 18.6 Å². The molecule has 0 spiro atoms. The lowest BCUT2D eigenvalue weighted by atomic mass is 10.3. The lowest BCUT2D eigenvalue weighted by Crippen LogP contribution is -2.06. The first-order valence-electron chi connectivity index (χ1n) is 6.08. The molecule has 0 radical (unpaired) electrons. The monoisotopic (exact) mass is 271 g/mol.